The standard InChI is InChI=1S/C18H22N2O/c1-14(18(21-3)15-8-5-4-6-9-15)20(2)13-17-11-7-10-16(17)12-19/h4-11,14,17-18H,13H2,1-3H3/t14-,17?,18-/m0/s1. The van der Waals surface area contributed by atoms with Gasteiger partial charge in [0.05, 0.1) is 12.2 Å². The third-order valence-electron chi connectivity index (χ3n) is 4.15. The van der Waals surface area contributed by atoms with Crippen LogP contribution in [0.15, 0.2) is 54.1 Å². The van der Waals surface area contributed by atoms with Crippen molar-refractivity contribution < 1.29 is 4.74 Å². The molecule has 0 N–H and O–H groups in total. The lowest BCUT2D eigenvalue weighted by Gasteiger charge is -2.32. The molecule has 0 saturated carbocycles. The van der Waals surface area contributed by atoms with Gasteiger partial charge in [-0.1, -0.05) is 42.5 Å². The summed E-state index contributed by atoms with van der Waals surface area (Å²) < 4.78 is 5.70. The van der Waals surface area contributed by atoms with Crippen molar-refractivity contribution in [2.45, 2.75) is 19.1 Å². The maximum Gasteiger partial charge on any atom is 0.0973 e. The van der Waals surface area contributed by atoms with Crippen LogP contribution in [-0.4, -0.2) is 31.6 Å². The van der Waals surface area contributed by atoms with Crippen molar-refractivity contribution in [3.63, 3.8) is 0 Å². The molecule has 1 aliphatic rings. The average Bonchev–Trinajstić information content (AvgIpc) is 2.96. The summed E-state index contributed by atoms with van der Waals surface area (Å²) in [6, 6.07) is 12.8. The summed E-state index contributed by atoms with van der Waals surface area (Å²) in [6.07, 6.45) is 5.98. The molecule has 110 valence electrons. The van der Waals surface area contributed by atoms with Gasteiger partial charge in [0.2, 0.25) is 0 Å². The van der Waals surface area contributed by atoms with Gasteiger partial charge in [0.15, 0.2) is 0 Å². The highest BCUT2D eigenvalue weighted by Gasteiger charge is 2.25. The minimum Gasteiger partial charge on any atom is -0.375 e. The van der Waals surface area contributed by atoms with E-state index < -0.39 is 0 Å². The Morgan fingerprint density at radius 1 is 1.33 bits per heavy atom. The quantitative estimate of drug-likeness (QED) is 0.803. The molecule has 3 heteroatoms. The second kappa shape index (κ2) is 7.21. The molecule has 3 atom stereocenters. The van der Waals surface area contributed by atoms with Gasteiger partial charge in [-0.05, 0) is 25.6 Å². The molecule has 0 aliphatic heterocycles. The molecule has 0 fully saturated rings. The van der Waals surface area contributed by atoms with Gasteiger partial charge in [-0.3, -0.25) is 4.90 Å². The fourth-order valence-corrected chi connectivity index (χ4v) is 2.76. The molecule has 0 radical (unpaired) electrons. The number of hydrogen-bond donors (Lipinski definition) is 0. The normalized spacial score (nSPS) is 20.1. The molecule has 0 aromatic heterocycles. The Morgan fingerprint density at radius 3 is 2.67 bits per heavy atom. The van der Waals surface area contributed by atoms with Crippen molar-refractivity contribution in [2.24, 2.45) is 5.92 Å². The zero-order valence-electron chi connectivity index (χ0n) is 12.9. The van der Waals surface area contributed by atoms with Gasteiger partial charge in [0.1, 0.15) is 0 Å². The summed E-state index contributed by atoms with van der Waals surface area (Å²) in [5.74, 6) is 0.190. The lowest BCUT2D eigenvalue weighted by Crippen LogP contribution is -2.38. The van der Waals surface area contributed by atoms with Crippen molar-refractivity contribution in [1.82, 2.24) is 4.90 Å². The van der Waals surface area contributed by atoms with Crippen LogP contribution in [-0.2, 0) is 4.74 Å². The summed E-state index contributed by atoms with van der Waals surface area (Å²) in [5, 5.41) is 9.12. The second-order valence-corrected chi connectivity index (χ2v) is 5.47. The van der Waals surface area contributed by atoms with E-state index in [2.05, 4.69) is 43.1 Å². The third kappa shape index (κ3) is 3.60. The number of rotatable bonds is 6. The van der Waals surface area contributed by atoms with Crippen LogP contribution in [0.5, 0.6) is 0 Å². The maximum absolute atomic E-state index is 9.12. The van der Waals surface area contributed by atoms with Gasteiger partial charge in [-0.2, -0.15) is 5.26 Å². The molecule has 21 heavy (non-hydrogen) atoms. The van der Waals surface area contributed by atoms with Crippen molar-refractivity contribution in [1.29, 1.82) is 5.26 Å². The molecule has 1 unspecified atom stereocenters. The Hall–Kier alpha value is -1.89. The summed E-state index contributed by atoms with van der Waals surface area (Å²) in [4.78, 5) is 2.26. The first kappa shape index (κ1) is 15.5. The SMILES string of the molecule is CO[C@H](c1ccccc1)[C@H](C)N(C)CC1C=CC=C1C#N. The van der Waals surface area contributed by atoms with E-state index in [1.54, 1.807) is 7.11 Å². The van der Waals surface area contributed by atoms with Crippen LogP contribution < -0.4 is 0 Å². The van der Waals surface area contributed by atoms with E-state index >= 15 is 0 Å². The molecule has 1 aromatic rings. The highest BCUT2D eigenvalue weighted by molar-refractivity contribution is 5.37. The number of likely N-dealkylation sites (N-methyl/N-ethyl adjacent to an activating group) is 1. The highest BCUT2D eigenvalue weighted by atomic mass is 16.5. The van der Waals surface area contributed by atoms with E-state index in [1.165, 1.54) is 5.56 Å². The van der Waals surface area contributed by atoms with Gasteiger partial charge in [-0.15, -0.1) is 0 Å². The predicted octanol–water partition coefficient (Wildman–Crippen LogP) is 3.33. The number of nitriles is 1. The Labute approximate surface area is 127 Å². The van der Waals surface area contributed by atoms with Crippen LogP contribution in [0.3, 0.4) is 0 Å². The van der Waals surface area contributed by atoms with Crippen molar-refractivity contribution >= 4 is 0 Å². The van der Waals surface area contributed by atoms with Gasteiger partial charge in [0.25, 0.3) is 0 Å². The van der Waals surface area contributed by atoms with E-state index in [0.29, 0.717) is 0 Å². The number of allylic oxidation sites excluding steroid dienone is 2. The first-order valence-corrected chi connectivity index (χ1v) is 7.23. The molecule has 1 aliphatic carbocycles. The molecule has 0 saturated heterocycles. The maximum atomic E-state index is 9.12. The van der Waals surface area contributed by atoms with E-state index in [1.807, 2.05) is 30.4 Å². The molecule has 0 amide bonds. The van der Waals surface area contributed by atoms with Gasteiger partial charge in [0, 0.05) is 31.2 Å². The zero-order valence-corrected chi connectivity index (χ0v) is 12.9. The van der Waals surface area contributed by atoms with E-state index in [9.17, 15) is 0 Å². The fraction of sp³-hybridized carbons (Fsp3) is 0.389. The zero-order chi connectivity index (χ0) is 15.2. The van der Waals surface area contributed by atoms with Gasteiger partial charge >= 0.3 is 0 Å². The van der Waals surface area contributed by atoms with Crippen LogP contribution in [0.4, 0.5) is 0 Å². The van der Waals surface area contributed by atoms with E-state index in [0.717, 1.165) is 12.1 Å². The third-order valence-corrected chi connectivity index (χ3v) is 4.15. The Balaban J connectivity index is 2.04. The van der Waals surface area contributed by atoms with Crippen molar-refractivity contribution in [2.75, 3.05) is 20.7 Å². The highest BCUT2D eigenvalue weighted by Crippen LogP contribution is 2.26. The number of methoxy groups -OCH3 is 1. The lowest BCUT2D eigenvalue weighted by molar-refractivity contribution is 0.0282. The molecular formula is C18H22N2O. The molecule has 0 heterocycles. The molecular weight excluding hydrogens is 260 g/mol. The summed E-state index contributed by atoms with van der Waals surface area (Å²) >= 11 is 0. The van der Waals surface area contributed by atoms with Crippen LogP contribution >= 0.6 is 0 Å². The van der Waals surface area contributed by atoms with E-state index in [-0.39, 0.29) is 18.1 Å². The first-order valence-electron chi connectivity index (χ1n) is 7.23. The van der Waals surface area contributed by atoms with Gasteiger partial charge < -0.3 is 4.74 Å². The van der Waals surface area contributed by atoms with Crippen LogP contribution in [0, 0.1) is 17.2 Å². The minimum atomic E-state index is 0.0242. The molecule has 3 nitrogen and oxygen atoms in total. The number of ether oxygens (including phenoxy) is 1. The Kier molecular flexibility index (Phi) is 5.32. The summed E-state index contributed by atoms with van der Waals surface area (Å²) in [5.41, 5.74) is 2.01. The smallest absolute Gasteiger partial charge is 0.0973 e. The van der Waals surface area contributed by atoms with Crippen LogP contribution in [0.2, 0.25) is 0 Å². The monoisotopic (exact) mass is 282 g/mol. The molecule has 2 rings (SSSR count). The molecule has 1 aromatic carbocycles. The topological polar surface area (TPSA) is 36.3 Å². The number of benzene rings is 1. The lowest BCUT2D eigenvalue weighted by atomic mass is 9.99. The Morgan fingerprint density at radius 2 is 2.05 bits per heavy atom. The van der Waals surface area contributed by atoms with Crippen LogP contribution in [0.25, 0.3) is 0 Å². The average molecular weight is 282 g/mol. The molecule has 0 bridgehead atoms. The fourth-order valence-electron chi connectivity index (χ4n) is 2.76. The molecule has 0 spiro atoms. The van der Waals surface area contributed by atoms with E-state index in [4.69, 9.17) is 10.00 Å². The minimum absolute atomic E-state index is 0.0242. The second-order valence-electron chi connectivity index (χ2n) is 5.47. The first-order chi connectivity index (χ1) is 10.2. The number of hydrogen-bond acceptors (Lipinski definition) is 3. The predicted molar refractivity (Wildman–Crippen MR) is 84.6 cm³/mol. The largest absolute Gasteiger partial charge is 0.375 e. The van der Waals surface area contributed by atoms with Crippen LogP contribution in [0.1, 0.15) is 18.6 Å². The van der Waals surface area contributed by atoms with Gasteiger partial charge in [-0.25, -0.2) is 0 Å². The number of nitrogens with zero attached hydrogens (tertiary/aromatic N) is 2. The Bertz CT molecular complexity index is 556. The summed E-state index contributed by atoms with van der Waals surface area (Å²) in [6.45, 7) is 2.99. The van der Waals surface area contributed by atoms with Crippen molar-refractivity contribution in [3.05, 3.63) is 59.7 Å². The summed E-state index contributed by atoms with van der Waals surface area (Å²) in [7, 11) is 3.83. The van der Waals surface area contributed by atoms with Crippen molar-refractivity contribution in [3.8, 4) is 6.07 Å².